The average Bonchev–Trinajstić information content (AvgIpc) is 2.83. The molecule has 2 heterocycles. The van der Waals surface area contributed by atoms with Gasteiger partial charge in [0.1, 0.15) is 23.8 Å². The van der Waals surface area contributed by atoms with Gasteiger partial charge in [-0.3, -0.25) is 14.5 Å². The van der Waals surface area contributed by atoms with E-state index in [-0.39, 0.29) is 11.8 Å². The molecule has 3 rings (SSSR count). The lowest BCUT2D eigenvalue weighted by atomic mass is 9.99. The van der Waals surface area contributed by atoms with Crippen molar-refractivity contribution in [2.45, 2.75) is 32.4 Å². The summed E-state index contributed by atoms with van der Waals surface area (Å²) >= 11 is 6.13. The number of amides is 3. The molecule has 0 radical (unpaired) electrons. The summed E-state index contributed by atoms with van der Waals surface area (Å²) in [6.07, 6.45) is 0.432. The number of carbonyl (C=O) groups is 3. The zero-order valence-electron chi connectivity index (χ0n) is 14.4. The summed E-state index contributed by atoms with van der Waals surface area (Å²) in [5.74, 6) is -1.13. The molecule has 26 heavy (non-hydrogen) atoms. The van der Waals surface area contributed by atoms with Gasteiger partial charge in [-0.2, -0.15) is 0 Å². The topological polar surface area (TPSA) is 88.6 Å². The van der Waals surface area contributed by atoms with Crippen LogP contribution >= 0.6 is 11.6 Å². The summed E-state index contributed by atoms with van der Waals surface area (Å²) < 4.78 is 5.18. The fourth-order valence-corrected chi connectivity index (χ4v) is 2.90. The van der Waals surface area contributed by atoms with E-state index >= 15 is 0 Å². The minimum Gasteiger partial charge on any atom is -0.459 e. The number of fused-ring (bicyclic) bond motifs is 1. The Morgan fingerprint density at radius 3 is 2.77 bits per heavy atom. The van der Waals surface area contributed by atoms with E-state index in [2.05, 4.69) is 10.3 Å². The Kier molecular flexibility index (Phi) is 4.82. The van der Waals surface area contributed by atoms with Crippen molar-refractivity contribution < 1.29 is 19.1 Å². The van der Waals surface area contributed by atoms with Gasteiger partial charge in [0.15, 0.2) is 0 Å². The number of pyridine rings is 1. The van der Waals surface area contributed by atoms with Crippen molar-refractivity contribution in [2.75, 3.05) is 6.54 Å². The highest BCUT2D eigenvalue weighted by atomic mass is 35.5. The third-order valence-corrected chi connectivity index (χ3v) is 4.81. The molecule has 0 saturated carbocycles. The first-order chi connectivity index (χ1) is 12.3. The lowest BCUT2D eigenvalue weighted by Crippen LogP contribution is -2.43. The molecule has 0 aliphatic carbocycles. The fourth-order valence-electron chi connectivity index (χ4n) is 2.70. The Morgan fingerprint density at radius 1 is 1.35 bits per heavy atom. The monoisotopic (exact) mass is 375 g/mol. The zero-order chi connectivity index (χ0) is 18.9. The molecule has 1 aromatic heterocycles. The maximum atomic E-state index is 12.3. The minimum atomic E-state index is -0.983. The van der Waals surface area contributed by atoms with Gasteiger partial charge in [-0.05, 0) is 25.5 Å². The number of halogens is 1. The highest BCUT2D eigenvalue weighted by molar-refractivity contribution is 6.30. The summed E-state index contributed by atoms with van der Waals surface area (Å²) in [5.41, 5.74) is 0.309. The SMILES string of the molecule is CC[C@@]1(C)NC(=O)N(CC(=O)OCc2cc3ccccc3nc2Cl)C1=O. The molecule has 7 nitrogen and oxygen atoms in total. The molecule has 1 atom stereocenters. The Bertz CT molecular complexity index is 901. The molecule has 2 aromatic rings. The Balaban J connectivity index is 1.65. The maximum Gasteiger partial charge on any atom is 0.326 e. The molecule has 0 spiro atoms. The van der Waals surface area contributed by atoms with Crippen LogP contribution in [0.3, 0.4) is 0 Å². The van der Waals surface area contributed by atoms with Crippen molar-refractivity contribution in [3.8, 4) is 0 Å². The van der Waals surface area contributed by atoms with Gasteiger partial charge in [-0.15, -0.1) is 0 Å². The Morgan fingerprint density at radius 2 is 2.08 bits per heavy atom. The Labute approximate surface area is 155 Å². The number of benzene rings is 1. The lowest BCUT2D eigenvalue weighted by molar-refractivity contribution is -0.148. The molecule has 8 heteroatoms. The molecule has 1 aliphatic rings. The van der Waals surface area contributed by atoms with Gasteiger partial charge in [0, 0.05) is 10.9 Å². The van der Waals surface area contributed by atoms with Crippen molar-refractivity contribution >= 4 is 40.4 Å². The normalized spacial score (nSPS) is 19.7. The number of nitrogens with zero attached hydrogens (tertiary/aromatic N) is 2. The van der Waals surface area contributed by atoms with Crippen LogP contribution in [-0.4, -0.2) is 39.9 Å². The van der Waals surface area contributed by atoms with Crippen molar-refractivity contribution in [2.24, 2.45) is 0 Å². The van der Waals surface area contributed by atoms with Crippen LogP contribution in [-0.2, 0) is 20.9 Å². The molecule has 1 fully saturated rings. The number of carbonyl (C=O) groups excluding carboxylic acids is 3. The predicted octanol–water partition coefficient (Wildman–Crippen LogP) is 2.65. The second kappa shape index (κ2) is 6.92. The van der Waals surface area contributed by atoms with Gasteiger partial charge in [0.2, 0.25) is 0 Å². The number of imide groups is 1. The lowest BCUT2D eigenvalue weighted by Gasteiger charge is -2.18. The summed E-state index contributed by atoms with van der Waals surface area (Å²) in [5, 5.41) is 3.70. The first kappa shape index (κ1) is 18.1. The standard InChI is InChI=1S/C18H18ClN3O4/c1-3-18(2)16(24)22(17(25)21-18)9-14(23)26-10-12-8-11-6-4-5-7-13(11)20-15(12)19/h4-8H,3,9-10H2,1-2H3,(H,21,25)/t18-/m1/s1. The average molecular weight is 376 g/mol. The second-order valence-electron chi connectivity index (χ2n) is 6.30. The van der Waals surface area contributed by atoms with Crippen LogP contribution in [0.4, 0.5) is 4.79 Å². The number of nitrogens with one attached hydrogen (secondary N) is 1. The smallest absolute Gasteiger partial charge is 0.326 e. The highest BCUT2D eigenvalue weighted by Gasteiger charge is 2.47. The molecule has 1 saturated heterocycles. The number of hydrogen-bond donors (Lipinski definition) is 1. The number of para-hydroxylation sites is 1. The van der Waals surface area contributed by atoms with Crippen LogP contribution in [0.1, 0.15) is 25.8 Å². The second-order valence-corrected chi connectivity index (χ2v) is 6.66. The van der Waals surface area contributed by atoms with Crippen molar-refractivity contribution in [3.05, 3.63) is 41.0 Å². The predicted molar refractivity (Wildman–Crippen MR) is 95.5 cm³/mol. The number of urea groups is 1. The van der Waals surface area contributed by atoms with E-state index in [1.165, 1.54) is 0 Å². The first-order valence-electron chi connectivity index (χ1n) is 8.18. The summed E-state index contributed by atoms with van der Waals surface area (Å²) in [6.45, 7) is 2.87. The summed E-state index contributed by atoms with van der Waals surface area (Å²) in [7, 11) is 0. The first-order valence-corrected chi connectivity index (χ1v) is 8.56. The van der Waals surface area contributed by atoms with Crippen LogP contribution in [0, 0.1) is 0 Å². The minimum absolute atomic E-state index is 0.0931. The highest BCUT2D eigenvalue weighted by Crippen LogP contribution is 2.22. The van der Waals surface area contributed by atoms with E-state index < -0.39 is 30.0 Å². The molecule has 0 bridgehead atoms. The number of esters is 1. The number of ether oxygens (including phenoxy) is 1. The fraction of sp³-hybridized carbons (Fsp3) is 0.333. The maximum absolute atomic E-state index is 12.3. The van der Waals surface area contributed by atoms with Crippen LogP contribution in [0.5, 0.6) is 0 Å². The van der Waals surface area contributed by atoms with E-state index in [9.17, 15) is 14.4 Å². The van der Waals surface area contributed by atoms with Gasteiger partial charge in [0.25, 0.3) is 5.91 Å². The van der Waals surface area contributed by atoms with E-state index in [1.807, 2.05) is 24.3 Å². The van der Waals surface area contributed by atoms with Gasteiger partial charge in [-0.25, -0.2) is 9.78 Å². The third kappa shape index (κ3) is 3.35. The van der Waals surface area contributed by atoms with Gasteiger partial charge in [0.05, 0.1) is 5.52 Å². The van der Waals surface area contributed by atoms with E-state index in [0.29, 0.717) is 12.0 Å². The largest absolute Gasteiger partial charge is 0.459 e. The van der Waals surface area contributed by atoms with Crippen molar-refractivity contribution in [1.29, 1.82) is 0 Å². The molecule has 3 amide bonds. The zero-order valence-corrected chi connectivity index (χ0v) is 15.2. The van der Waals surface area contributed by atoms with Gasteiger partial charge in [-0.1, -0.05) is 36.7 Å². The van der Waals surface area contributed by atoms with E-state index in [1.54, 1.807) is 19.9 Å². The number of rotatable bonds is 5. The van der Waals surface area contributed by atoms with E-state index in [0.717, 1.165) is 15.8 Å². The molecule has 1 aromatic carbocycles. The number of aromatic nitrogens is 1. The van der Waals surface area contributed by atoms with Crippen molar-refractivity contribution in [3.63, 3.8) is 0 Å². The molecular weight excluding hydrogens is 358 g/mol. The molecular formula is C18H18ClN3O4. The van der Waals surface area contributed by atoms with Gasteiger partial charge >= 0.3 is 12.0 Å². The third-order valence-electron chi connectivity index (χ3n) is 4.48. The van der Waals surface area contributed by atoms with Crippen LogP contribution < -0.4 is 5.32 Å². The van der Waals surface area contributed by atoms with Crippen LogP contribution in [0.2, 0.25) is 5.15 Å². The summed E-state index contributed by atoms with van der Waals surface area (Å²) in [6, 6.07) is 8.63. The Hall–Kier alpha value is -2.67. The molecule has 0 unspecified atom stereocenters. The molecule has 1 N–H and O–H groups in total. The van der Waals surface area contributed by atoms with Crippen LogP contribution in [0.15, 0.2) is 30.3 Å². The quantitative estimate of drug-likeness (QED) is 0.493. The van der Waals surface area contributed by atoms with Crippen LogP contribution in [0.25, 0.3) is 10.9 Å². The van der Waals surface area contributed by atoms with Crippen molar-refractivity contribution in [1.82, 2.24) is 15.2 Å². The summed E-state index contributed by atoms with van der Waals surface area (Å²) in [4.78, 5) is 41.4. The molecule has 136 valence electrons. The van der Waals surface area contributed by atoms with E-state index in [4.69, 9.17) is 16.3 Å². The molecule has 1 aliphatic heterocycles. The number of hydrogen-bond acceptors (Lipinski definition) is 5. The van der Waals surface area contributed by atoms with Gasteiger partial charge < -0.3 is 10.1 Å².